The summed E-state index contributed by atoms with van der Waals surface area (Å²) in [6.07, 6.45) is 6.36. The Kier molecular flexibility index (Phi) is 6.50. The highest BCUT2D eigenvalue weighted by Crippen LogP contribution is 2.35. The molecule has 2 nitrogen and oxygen atoms in total. The van der Waals surface area contributed by atoms with Crippen LogP contribution >= 0.6 is 0 Å². The van der Waals surface area contributed by atoms with Gasteiger partial charge in [0.2, 0.25) is 0 Å². The second-order valence-electron chi connectivity index (χ2n) is 6.20. The molecule has 1 rings (SSSR count). The van der Waals surface area contributed by atoms with E-state index in [4.69, 9.17) is 4.74 Å². The second kappa shape index (κ2) is 7.38. The monoisotopic (exact) mass is 241 g/mol. The van der Waals surface area contributed by atoms with Gasteiger partial charge in [-0.3, -0.25) is 0 Å². The van der Waals surface area contributed by atoms with Gasteiger partial charge in [0.25, 0.3) is 0 Å². The second-order valence-corrected chi connectivity index (χ2v) is 6.20. The van der Waals surface area contributed by atoms with Gasteiger partial charge < -0.3 is 10.1 Å². The first-order chi connectivity index (χ1) is 8.08. The molecule has 1 fully saturated rings. The summed E-state index contributed by atoms with van der Waals surface area (Å²) in [6.45, 7) is 12.1. The molecule has 0 radical (unpaired) electrons. The number of rotatable bonds is 7. The highest BCUT2D eigenvalue weighted by Gasteiger charge is 2.35. The largest absolute Gasteiger partial charge is 0.374 e. The number of ether oxygens (including phenoxy) is 1. The molecular formula is C15H31NO. The maximum atomic E-state index is 6.29. The van der Waals surface area contributed by atoms with Crippen molar-refractivity contribution in [3.63, 3.8) is 0 Å². The van der Waals surface area contributed by atoms with Gasteiger partial charge in [0.15, 0.2) is 0 Å². The molecule has 0 amide bonds. The lowest BCUT2D eigenvalue weighted by molar-refractivity contribution is -0.0819. The summed E-state index contributed by atoms with van der Waals surface area (Å²) in [5.41, 5.74) is 0.128. The van der Waals surface area contributed by atoms with Crippen LogP contribution in [0, 0.1) is 11.8 Å². The van der Waals surface area contributed by atoms with Crippen LogP contribution in [0.1, 0.15) is 59.8 Å². The summed E-state index contributed by atoms with van der Waals surface area (Å²) in [4.78, 5) is 0. The molecular weight excluding hydrogens is 210 g/mol. The van der Waals surface area contributed by atoms with Crippen molar-refractivity contribution in [2.45, 2.75) is 65.4 Å². The van der Waals surface area contributed by atoms with Gasteiger partial charge in [-0.2, -0.15) is 0 Å². The minimum Gasteiger partial charge on any atom is -0.374 e. The van der Waals surface area contributed by atoms with E-state index in [1.54, 1.807) is 0 Å². The zero-order valence-electron chi connectivity index (χ0n) is 12.2. The fraction of sp³-hybridized carbons (Fsp3) is 1.00. The zero-order chi connectivity index (χ0) is 12.7. The first-order valence-corrected chi connectivity index (χ1v) is 7.42. The minimum atomic E-state index is 0.128. The summed E-state index contributed by atoms with van der Waals surface area (Å²) in [7, 11) is 0. The Balaban J connectivity index is 2.45. The maximum absolute atomic E-state index is 6.29. The molecule has 0 heterocycles. The standard InChI is InChI=1S/C15H31NO/c1-5-16-12-15(17-10-8-13(2)3)9-6-7-14(4)11-15/h13-14,16H,5-12H2,1-4H3. The van der Waals surface area contributed by atoms with Gasteiger partial charge in [-0.25, -0.2) is 0 Å². The number of hydrogen-bond acceptors (Lipinski definition) is 2. The molecule has 0 aliphatic heterocycles. The fourth-order valence-corrected chi connectivity index (χ4v) is 2.82. The van der Waals surface area contributed by atoms with E-state index < -0.39 is 0 Å². The van der Waals surface area contributed by atoms with Crippen LogP contribution in [0.3, 0.4) is 0 Å². The Morgan fingerprint density at radius 2 is 2.18 bits per heavy atom. The maximum Gasteiger partial charge on any atom is 0.0808 e. The highest BCUT2D eigenvalue weighted by molar-refractivity contribution is 4.89. The molecule has 1 aliphatic rings. The molecule has 0 aromatic heterocycles. The van der Waals surface area contributed by atoms with Gasteiger partial charge in [0.05, 0.1) is 5.60 Å². The van der Waals surface area contributed by atoms with Crippen molar-refractivity contribution in [1.82, 2.24) is 5.32 Å². The van der Waals surface area contributed by atoms with Crippen molar-refractivity contribution >= 4 is 0 Å². The summed E-state index contributed by atoms with van der Waals surface area (Å²) in [5, 5.41) is 3.49. The Labute approximate surface area is 108 Å². The topological polar surface area (TPSA) is 21.3 Å². The molecule has 0 bridgehead atoms. The molecule has 1 saturated carbocycles. The van der Waals surface area contributed by atoms with Crippen molar-refractivity contribution in [2.75, 3.05) is 19.7 Å². The molecule has 0 aromatic rings. The first kappa shape index (κ1) is 15.0. The van der Waals surface area contributed by atoms with Crippen molar-refractivity contribution in [3.05, 3.63) is 0 Å². The smallest absolute Gasteiger partial charge is 0.0808 e. The first-order valence-electron chi connectivity index (χ1n) is 7.42. The molecule has 102 valence electrons. The lowest BCUT2D eigenvalue weighted by Crippen LogP contribution is -2.46. The predicted octanol–water partition coefficient (Wildman–Crippen LogP) is 3.61. The number of likely N-dealkylation sites (N-methyl/N-ethyl adjacent to an activating group) is 1. The van der Waals surface area contributed by atoms with E-state index in [9.17, 15) is 0 Å². The molecule has 0 aromatic carbocycles. The molecule has 2 heteroatoms. The van der Waals surface area contributed by atoms with Crippen molar-refractivity contribution in [3.8, 4) is 0 Å². The van der Waals surface area contributed by atoms with Crippen LogP contribution in [0.15, 0.2) is 0 Å². The minimum absolute atomic E-state index is 0.128. The van der Waals surface area contributed by atoms with Crippen molar-refractivity contribution in [1.29, 1.82) is 0 Å². The molecule has 2 unspecified atom stereocenters. The van der Waals surface area contributed by atoms with Gasteiger partial charge in [-0.1, -0.05) is 40.5 Å². The lowest BCUT2D eigenvalue weighted by atomic mass is 9.78. The van der Waals surface area contributed by atoms with E-state index in [0.29, 0.717) is 0 Å². The fourth-order valence-electron chi connectivity index (χ4n) is 2.82. The van der Waals surface area contributed by atoms with E-state index in [1.165, 1.54) is 32.1 Å². The van der Waals surface area contributed by atoms with E-state index in [1.807, 2.05) is 0 Å². The van der Waals surface area contributed by atoms with Gasteiger partial charge in [-0.05, 0) is 37.6 Å². The Morgan fingerprint density at radius 3 is 2.76 bits per heavy atom. The Hall–Kier alpha value is -0.0800. The third-order valence-electron chi connectivity index (χ3n) is 3.85. The van der Waals surface area contributed by atoms with Crippen molar-refractivity contribution < 1.29 is 4.74 Å². The Bertz CT molecular complexity index is 205. The van der Waals surface area contributed by atoms with Gasteiger partial charge >= 0.3 is 0 Å². The van der Waals surface area contributed by atoms with Gasteiger partial charge in [0.1, 0.15) is 0 Å². The third-order valence-corrected chi connectivity index (χ3v) is 3.85. The third kappa shape index (κ3) is 5.39. The highest BCUT2D eigenvalue weighted by atomic mass is 16.5. The summed E-state index contributed by atoms with van der Waals surface area (Å²) in [5.74, 6) is 1.56. The average molecular weight is 241 g/mol. The zero-order valence-corrected chi connectivity index (χ0v) is 12.2. The van der Waals surface area contributed by atoms with E-state index in [2.05, 4.69) is 33.0 Å². The van der Waals surface area contributed by atoms with E-state index in [-0.39, 0.29) is 5.60 Å². The lowest BCUT2D eigenvalue weighted by Gasteiger charge is -2.40. The summed E-state index contributed by atoms with van der Waals surface area (Å²) in [6, 6.07) is 0. The molecule has 2 atom stereocenters. The molecule has 1 aliphatic carbocycles. The Morgan fingerprint density at radius 1 is 1.41 bits per heavy atom. The SMILES string of the molecule is CCNCC1(OCCC(C)C)CCCC(C)C1. The molecule has 0 saturated heterocycles. The van der Waals surface area contributed by atoms with Crippen LogP contribution in [0.25, 0.3) is 0 Å². The molecule has 1 N–H and O–H groups in total. The normalized spacial score (nSPS) is 29.8. The van der Waals surface area contributed by atoms with Crippen LogP contribution in [0.2, 0.25) is 0 Å². The van der Waals surface area contributed by atoms with Crippen molar-refractivity contribution in [2.24, 2.45) is 11.8 Å². The number of hydrogen-bond donors (Lipinski definition) is 1. The van der Waals surface area contributed by atoms with Gasteiger partial charge in [-0.15, -0.1) is 0 Å². The summed E-state index contributed by atoms with van der Waals surface area (Å²) < 4.78 is 6.29. The number of nitrogens with one attached hydrogen (secondary N) is 1. The van der Waals surface area contributed by atoms with Crippen LogP contribution < -0.4 is 5.32 Å². The quantitative estimate of drug-likeness (QED) is 0.735. The van der Waals surface area contributed by atoms with E-state index >= 15 is 0 Å². The average Bonchev–Trinajstić information content (AvgIpc) is 2.26. The molecule has 0 spiro atoms. The molecule has 17 heavy (non-hydrogen) atoms. The predicted molar refractivity (Wildman–Crippen MR) is 74.3 cm³/mol. The van der Waals surface area contributed by atoms with Crippen LogP contribution in [-0.4, -0.2) is 25.3 Å². The van der Waals surface area contributed by atoms with E-state index in [0.717, 1.165) is 31.5 Å². The van der Waals surface area contributed by atoms with Gasteiger partial charge in [0, 0.05) is 13.2 Å². The van der Waals surface area contributed by atoms with Crippen LogP contribution in [-0.2, 0) is 4.74 Å². The summed E-state index contributed by atoms with van der Waals surface area (Å²) >= 11 is 0. The van der Waals surface area contributed by atoms with Crippen LogP contribution in [0.5, 0.6) is 0 Å². The van der Waals surface area contributed by atoms with Crippen LogP contribution in [0.4, 0.5) is 0 Å².